The number of hydrazine groups is 1. The lowest BCUT2D eigenvalue weighted by Crippen LogP contribution is -2.52. The number of nitrogens with zero attached hydrogens (tertiary/aromatic N) is 2. The summed E-state index contributed by atoms with van der Waals surface area (Å²) >= 11 is 19.7. The predicted octanol–water partition coefficient (Wildman–Crippen LogP) is 6.09. The van der Waals surface area contributed by atoms with Crippen molar-refractivity contribution in [2.24, 2.45) is 23.7 Å². The maximum Gasteiger partial charge on any atom is 0.339 e. The first-order valence-corrected chi connectivity index (χ1v) is 17.8. The second-order valence-corrected chi connectivity index (χ2v) is 15.8. The number of halogens is 4. The summed E-state index contributed by atoms with van der Waals surface area (Å²) in [6, 6.07) is 15.6. The van der Waals surface area contributed by atoms with Gasteiger partial charge in [0.05, 0.1) is 22.4 Å². The fourth-order valence-electron chi connectivity index (χ4n) is 6.41. The molecule has 0 N–H and O–H groups in total. The van der Waals surface area contributed by atoms with Gasteiger partial charge in [0.15, 0.2) is 5.78 Å². The van der Waals surface area contributed by atoms with Crippen LogP contribution < -0.4 is 4.18 Å². The molecule has 45 heavy (non-hydrogen) atoms. The average molecular weight is 799 g/mol. The highest BCUT2D eigenvalue weighted by atomic mass is 79.9. The number of carbonyl (C=O) groups excluding carboxylic acids is 4. The molecule has 3 aromatic carbocycles. The Morgan fingerprint density at radius 1 is 0.911 bits per heavy atom. The highest BCUT2D eigenvalue weighted by Crippen LogP contribution is 2.60. The maximum atomic E-state index is 13.9. The van der Waals surface area contributed by atoms with Crippen molar-refractivity contribution in [1.29, 1.82) is 0 Å². The minimum atomic E-state index is -4.12. The molecular weight excluding hydrogens is 775 g/mol. The van der Waals surface area contributed by atoms with Gasteiger partial charge in [-0.15, -0.1) is 0 Å². The van der Waals surface area contributed by atoms with E-state index in [4.69, 9.17) is 27.4 Å². The lowest BCUT2D eigenvalue weighted by Gasteiger charge is -2.31. The molecule has 1 heterocycles. The molecule has 14 heteroatoms. The third-order valence-corrected chi connectivity index (χ3v) is 13.6. The zero-order valence-electron chi connectivity index (χ0n) is 23.4. The van der Waals surface area contributed by atoms with Gasteiger partial charge in [-0.3, -0.25) is 19.2 Å². The van der Waals surface area contributed by atoms with Crippen LogP contribution in [0.25, 0.3) is 0 Å². The van der Waals surface area contributed by atoms with Crippen LogP contribution in [0.5, 0.6) is 5.75 Å². The SMILES string of the molecule is Cc1ccc(S(=O)(=O)Oc2ccc(C(=O)CN(C(=O)c3ccc(Cl)cc3Cl)N3C(=O)[C@@H]4[C@H]5C[C@@H]([C@H](Br)[C@H]5Br)[C@@H]4C3=O)cc2)cc1. The van der Waals surface area contributed by atoms with Crippen molar-refractivity contribution in [3.63, 3.8) is 0 Å². The van der Waals surface area contributed by atoms with Gasteiger partial charge >= 0.3 is 10.1 Å². The van der Waals surface area contributed by atoms with Crippen molar-refractivity contribution in [1.82, 2.24) is 10.0 Å². The first-order valence-electron chi connectivity index (χ1n) is 13.9. The van der Waals surface area contributed by atoms with Gasteiger partial charge in [-0.25, -0.2) is 5.01 Å². The predicted molar refractivity (Wildman–Crippen MR) is 173 cm³/mol. The lowest BCUT2D eigenvalue weighted by molar-refractivity contribution is -0.154. The smallest absolute Gasteiger partial charge is 0.339 e. The number of benzene rings is 3. The third-order valence-electron chi connectivity index (χ3n) is 8.59. The van der Waals surface area contributed by atoms with E-state index in [1.165, 1.54) is 54.6 Å². The zero-order chi connectivity index (χ0) is 32.4. The van der Waals surface area contributed by atoms with Crippen LogP contribution in [0, 0.1) is 30.6 Å². The van der Waals surface area contributed by atoms with Crippen LogP contribution in [0.15, 0.2) is 71.6 Å². The summed E-state index contributed by atoms with van der Waals surface area (Å²) < 4.78 is 30.6. The molecule has 2 saturated carbocycles. The number of alkyl halides is 2. The number of ketones is 1. The highest BCUT2D eigenvalue weighted by molar-refractivity contribution is 9.12. The molecule has 9 nitrogen and oxygen atoms in total. The van der Waals surface area contributed by atoms with Crippen LogP contribution in [-0.4, -0.2) is 58.1 Å². The largest absolute Gasteiger partial charge is 0.379 e. The first-order chi connectivity index (χ1) is 21.3. The van der Waals surface area contributed by atoms with Crippen LogP contribution in [0.4, 0.5) is 0 Å². The molecule has 1 saturated heterocycles. The van der Waals surface area contributed by atoms with Crippen molar-refractivity contribution >= 4 is 88.7 Å². The third kappa shape index (κ3) is 5.73. The average Bonchev–Trinajstić information content (AvgIpc) is 3.61. The van der Waals surface area contributed by atoms with Gasteiger partial charge in [-0.05, 0) is 79.8 Å². The molecule has 234 valence electrons. The van der Waals surface area contributed by atoms with Crippen molar-refractivity contribution in [3.8, 4) is 5.75 Å². The Bertz CT molecular complexity index is 1810. The van der Waals surface area contributed by atoms with Gasteiger partial charge in [0, 0.05) is 20.2 Å². The zero-order valence-corrected chi connectivity index (χ0v) is 28.9. The Kier molecular flexibility index (Phi) is 8.66. The minimum Gasteiger partial charge on any atom is -0.379 e. The van der Waals surface area contributed by atoms with Gasteiger partial charge in [-0.2, -0.15) is 13.4 Å². The summed E-state index contributed by atoms with van der Waals surface area (Å²) in [6.45, 7) is 1.16. The van der Waals surface area contributed by atoms with Gasteiger partial charge in [0.1, 0.15) is 17.2 Å². The topological polar surface area (TPSA) is 118 Å². The Labute approximate surface area is 286 Å². The Hall–Kier alpha value is -2.77. The Morgan fingerprint density at radius 3 is 2.04 bits per heavy atom. The lowest BCUT2D eigenvalue weighted by atomic mass is 9.81. The number of hydrogen-bond acceptors (Lipinski definition) is 7. The number of rotatable bonds is 8. The fraction of sp³-hybridized carbons (Fsp3) is 0.290. The molecule has 3 aromatic rings. The van der Waals surface area contributed by atoms with Crippen LogP contribution in [0.1, 0.15) is 32.7 Å². The number of aryl methyl sites for hydroxylation is 1. The first kappa shape index (κ1) is 32.2. The second kappa shape index (κ2) is 12.1. The van der Waals surface area contributed by atoms with Crippen LogP contribution in [0.2, 0.25) is 10.0 Å². The summed E-state index contributed by atoms with van der Waals surface area (Å²) in [6.07, 6.45) is 0.691. The van der Waals surface area contributed by atoms with Crippen LogP contribution in [0.3, 0.4) is 0 Å². The number of carbonyl (C=O) groups is 4. The monoisotopic (exact) mass is 796 g/mol. The van der Waals surface area contributed by atoms with E-state index in [1.54, 1.807) is 12.1 Å². The highest BCUT2D eigenvalue weighted by Gasteiger charge is 2.67. The van der Waals surface area contributed by atoms with E-state index in [0.717, 1.165) is 15.6 Å². The second-order valence-electron chi connectivity index (χ2n) is 11.3. The van der Waals surface area contributed by atoms with Gasteiger partial charge < -0.3 is 4.18 Å². The quantitative estimate of drug-likeness (QED) is 0.117. The van der Waals surface area contributed by atoms with Crippen LogP contribution >= 0.6 is 55.1 Å². The molecule has 0 aromatic heterocycles. The summed E-state index contributed by atoms with van der Waals surface area (Å²) in [7, 11) is -4.12. The van der Waals surface area contributed by atoms with Gasteiger partial charge in [-0.1, -0.05) is 72.8 Å². The van der Waals surface area contributed by atoms with Crippen molar-refractivity contribution in [2.45, 2.75) is 27.9 Å². The number of hydrogen-bond donors (Lipinski definition) is 0. The molecule has 3 amide bonds. The molecule has 2 bridgehead atoms. The number of fused-ring (bicyclic) bond motifs is 5. The van der Waals surface area contributed by atoms with Crippen LogP contribution in [-0.2, 0) is 19.7 Å². The van der Waals surface area contributed by atoms with E-state index >= 15 is 0 Å². The van der Waals surface area contributed by atoms with Gasteiger partial charge in [0.25, 0.3) is 17.7 Å². The molecular formula is C31H24Br2Cl2N2O7S. The molecule has 1 aliphatic heterocycles. The molecule has 0 spiro atoms. The molecule has 6 atom stereocenters. The summed E-state index contributed by atoms with van der Waals surface area (Å²) in [5.41, 5.74) is 0.932. The normalized spacial score (nSPS) is 25.4. The fourth-order valence-corrected chi connectivity index (χ4v) is 9.70. The van der Waals surface area contributed by atoms with E-state index in [0.29, 0.717) is 6.42 Å². The minimum absolute atomic E-state index is 0.0124. The summed E-state index contributed by atoms with van der Waals surface area (Å²) in [4.78, 5) is 55.1. The molecule has 0 radical (unpaired) electrons. The number of imide groups is 1. The van der Waals surface area contributed by atoms with Crippen molar-refractivity contribution in [3.05, 3.63) is 93.5 Å². The number of amides is 3. The molecule has 6 rings (SSSR count). The molecule has 2 aliphatic carbocycles. The summed E-state index contributed by atoms with van der Waals surface area (Å²) in [5, 5.41) is 1.91. The molecule has 3 aliphatic rings. The van der Waals surface area contributed by atoms with E-state index < -0.39 is 52.0 Å². The van der Waals surface area contributed by atoms with Crippen molar-refractivity contribution < 1.29 is 31.8 Å². The van der Waals surface area contributed by atoms with Crippen molar-refractivity contribution in [2.75, 3.05) is 6.54 Å². The van der Waals surface area contributed by atoms with Gasteiger partial charge in [0.2, 0.25) is 0 Å². The standard InChI is InChI=1S/C31H24Br2Cl2N2O7S/c1-15-2-9-19(10-3-15)45(42,43)44-18-7-4-16(5-8-18)24(38)14-36(29(39)20-11-6-17(34)12-23(20)35)37-30(40)25-21-13-22(26(25)31(37)41)28(33)27(21)32/h2-12,21-22,25-28H,13-14H2,1H3/t21-,22-,25-,26+,27+,28+/m1/s1. The molecule has 0 unspecified atom stereocenters. The summed E-state index contributed by atoms with van der Waals surface area (Å²) in [5.74, 6) is -4.03. The maximum absolute atomic E-state index is 13.9. The molecule has 3 fully saturated rings. The van der Waals surface area contributed by atoms with E-state index in [-0.39, 0.29) is 53.3 Å². The Morgan fingerprint density at radius 2 is 1.49 bits per heavy atom. The van der Waals surface area contributed by atoms with E-state index in [2.05, 4.69) is 31.9 Å². The number of Topliss-reactive ketones (excluding diaryl/α,β-unsaturated/α-hetero) is 1. The Balaban J connectivity index is 1.27. The van der Waals surface area contributed by atoms with E-state index in [1.807, 2.05) is 6.92 Å². The van der Waals surface area contributed by atoms with E-state index in [9.17, 15) is 27.6 Å².